The van der Waals surface area contributed by atoms with E-state index < -0.39 is 38.6 Å². The van der Waals surface area contributed by atoms with Crippen LogP contribution in [-0.4, -0.2) is 43.8 Å². The topological polar surface area (TPSA) is 150 Å². The Morgan fingerprint density at radius 3 is 2.40 bits per heavy atom. The average molecular weight is 435 g/mol. The molecule has 0 aliphatic carbocycles. The van der Waals surface area contributed by atoms with E-state index in [4.69, 9.17) is 9.88 Å². The second-order valence-corrected chi connectivity index (χ2v) is 8.02. The van der Waals surface area contributed by atoms with E-state index in [0.717, 1.165) is 12.1 Å². The van der Waals surface area contributed by atoms with Crippen LogP contribution < -0.4 is 5.14 Å². The van der Waals surface area contributed by atoms with Gasteiger partial charge in [0.2, 0.25) is 10.0 Å². The number of nitrogens with two attached hydrogens (primary N) is 1. The van der Waals surface area contributed by atoms with Crippen molar-refractivity contribution in [3.05, 3.63) is 69.3 Å². The zero-order valence-electron chi connectivity index (χ0n) is 16.6. The minimum atomic E-state index is -3.92. The Balaban J connectivity index is 2.41. The van der Waals surface area contributed by atoms with E-state index in [1.165, 1.54) is 36.2 Å². The molecule has 0 fully saturated rings. The van der Waals surface area contributed by atoms with Gasteiger partial charge >= 0.3 is 5.97 Å². The molecule has 2 aromatic rings. The summed E-state index contributed by atoms with van der Waals surface area (Å²) in [5.41, 5.74) is -0.134. The van der Waals surface area contributed by atoms with Gasteiger partial charge in [0, 0.05) is 24.7 Å². The van der Waals surface area contributed by atoms with Crippen LogP contribution in [0, 0.1) is 10.1 Å². The number of nitro groups is 1. The molecule has 2 N–H and O–H groups in total. The Hall–Kier alpha value is -3.31. The van der Waals surface area contributed by atoms with Gasteiger partial charge in [0.1, 0.15) is 0 Å². The number of sulfonamides is 1. The predicted molar refractivity (Wildman–Crippen MR) is 107 cm³/mol. The summed E-state index contributed by atoms with van der Waals surface area (Å²) >= 11 is 0. The molecule has 1 amide bonds. The normalized spacial score (nSPS) is 12.1. The molecule has 11 heteroatoms. The number of non-ortho nitro benzene ring substituents is 1. The molecule has 0 saturated carbocycles. The Kier molecular flexibility index (Phi) is 6.90. The average Bonchev–Trinajstić information content (AvgIpc) is 2.71. The summed E-state index contributed by atoms with van der Waals surface area (Å²) in [4.78, 5) is 36.7. The lowest BCUT2D eigenvalue weighted by Gasteiger charge is -2.26. The highest BCUT2D eigenvalue weighted by Crippen LogP contribution is 2.25. The smallest absolute Gasteiger partial charge is 0.338 e. The van der Waals surface area contributed by atoms with Crippen LogP contribution in [0.15, 0.2) is 47.4 Å². The van der Waals surface area contributed by atoms with Crippen molar-refractivity contribution in [2.45, 2.75) is 24.8 Å². The minimum Gasteiger partial charge on any atom is -0.462 e. The van der Waals surface area contributed by atoms with Crippen molar-refractivity contribution in [2.75, 3.05) is 13.7 Å². The van der Waals surface area contributed by atoms with Gasteiger partial charge in [0.25, 0.3) is 11.6 Å². The number of amides is 1. The molecule has 0 spiro atoms. The molecule has 0 aromatic heterocycles. The largest absolute Gasteiger partial charge is 0.462 e. The fourth-order valence-corrected chi connectivity index (χ4v) is 3.30. The minimum absolute atomic E-state index is 0.0716. The van der Waals surface area contributed by atoms with Crippen LogP contribution in [0.5, 0.6) is 0 Å². The van der Waals surface area contributed by atoms with Crippen LogP contribution in [0.1, 0.15) is 46.2 Å². The number of hydrogen-bond acceptors (Lipinski definition) is 7. The third kappa shape index (κ3) is 5.19. The van der Waals surface area contributed by atoms with E-state index in [9.17, 15) is 28.1 Å². The lowest BCUT2D eigenvalue weighted by molar-refractivity contribution is -0.384. The lowest BCUT2D eigenvalue weighted by Crippen LogP contribution is -2.30. The van der Waals surface area contributed by atoms with Crippen molar-refractivity contribution < 1.29 is 27.7 Å². The van der Waals surface area contributed by atoms with Gasteiger partial charge in [0.05, 0.1) is 28.0 Å². The van der Waals surface area contributed by atoms with Crippen molar-refractivity contribution >= 4 is 27.6 Å². The molecular formula is C19H21N3O7S. The molecule has 1 atom stereocenters. The van der Waals surface area contributed by atoms with Gasteiger partial charge in [-0.1, -0.05) is 12.1 Å². The Morgan fingerprint density at radius 1 is 1.20 bits per heavy atom. The number of nitrogens with zero attached hydrogens (tertiary/aromatic N) is 2. The molecular weight excluding hydrogens is 414 g/mol. The second-order valence-electron chi connectivity index (χ2n) is 6.46. The number of carbonyl (C=O) groups is 2. The van der Waals surface area contributed by atoms with Gasteiger partial charge in [-0.25, -0.2) is 18.4 Å². The molecule has 10 nitrogen and oxygen atoms in total. The maximum Gasteiger partial charge on any atom is 0.338 e. The molecule has 0 heterocycles. The molecule has 0 aliphatic rings. The quantitative estimate of drug-likeness (QED) is 0.398. The highest BCUT2D eigenvalue weighted by Gasteiger charge is 2.24. The van der Waals surface area contributed by atoms with Crippen molar-refractivity contribution in [1.82, 2.24) is 4.90 Å². The molecule has 1 unspecified atom stereocenters. The van der Waals surface area contributed by atoms with Gasteiger partial charge in [-0.15, -0.1) is 0 Å². The first kappa shape index (κ1) is 23.0. The van der Waals surface area contributed by atoms with Gasteiger partial charge < -0.3 is 9.64 Å². The van der Waals surface area contributed by atoms with E-state index in [1.807, 2.05) is 0 Å². The maximum atomic E-state index is 13.0. The van der Waals surface area contributed by atoms with Crippen LogP contribution in [0.4, 0.5) is 5.69 Å². The van der Waals surface area contributed by atoms with E-state index in [2.05, 4.69) is 0 Å². The Bertz CT molecular complexity index is 1100. The van der Waals surface area contributed by atoms with Gasteiger partial charge in [-0.05, 0) is 37.6 Å². The first-order valence-corrected chi connectivity index (χ1v) is 10.4. The zero-order chi connectivity index (χ0) is 22.6. The summed E-state index contributed by atoms with van der Waals surface area (Å²) in [6.45, 7) is 3.32. The summed E-state index contributed by atoms with van der Waals surface area (Å²) in [7, 11) is -2.46. The van der Waals surface area contributed by atoms with Gasteiger partial charge in [-0.2, -0.15) is 0 Å². The number of primary sulfonamides is 1. The molecule has 30 heavy (non-hydrogen) atoms. The van der Waals surface area contributed by atoms with Gasteiger partial charge in [-0.3, -0.25) is 14.9 Å². The fourth-order valence-electron chi connectivity index (χ4n) is 2.73. The molecule has 160 valence electrons. The van der Waals surface area contributed by atoms with Crippen molar-refractivity contribution in [3.8, 4) is 0 Å². The Morgan fingerprint density at radius 2 is 1.83 bits per heavy atom. The number of benzene rings is 2. The molecule has 2 aromatic carbocycles. The monoisotopic (exact) mass is 435 g/mol. The number of nitro benzene ring substituents is 1. The zero-order valence-corrected chi connectivity index (χ0v) is 17.4. The molecule has 0 aliphatic heterocycles. The number of esters is 1. The van der Waals surface area contributed by atoms with Crippen LogP contribution >= 0.6 is 0 Å². The highest BCUT2D eigenvalue weighted by atomic mass is 32.2. The third-order valence-corrected chi connectivity index (χ3v) is 5.37. The number of hydrogen-bond donors (Lipinski definition) is 1. The standard InChI is InChI=1S/C19H21N3O7S/c1-4-29-19(24)15-8-14(9-16(10-15)22(25)26)18(23)21(3)12(2)13-6-5-7-17(11-13)30(20,27)28/h5-12H,4H2,1-3H3,(H2,20,27,28). The highest BCUT2D eigenvalue weighted by molar-refractivity contribution is 7.89. The SMILES string of the molecule is CCOC(=O)c1cc(C(=O)N(C)C(C)c2cccc(S(N)(=O)=O)c2)cc([N+](=O)[O-])c1. The number of carbonyl (C=O) groups excluding carboxylic acids is 2. The van der Waals surface area contributed by atoms with Crippen LogP contribution in [0.2, 0.25) is 0 Å². The molecule has 0 bridgehead atoms. The van der Waals surface area contributed by atoms with Crippen LogP contribution in [0.25, 0.3) is 0 Å². The lowest BCUT2D eigenvalue weighted by atomic mass is 10.0. The van der Waals surface area contributed by atoms with E-state index >= 15 is 0 Å². The summed E-state index contributed by atoms with van der Waals surface area (Å²) in [6.07, 6.45) is 0. The Labute approximate surface area is 173 Å². The maximum absolute atomic E-state index is 13.0. The number of ether oxygens (including phenoxy) is 1. The van der Waals surface area contributed by atoms with Crippen molar-refractivity contribution in [2.24, 2.45) is 5.14 Å². The van der Waals surface area contributed by atoms with E-state index in [-0.39, 0.29) is 22.6 Å². The van der Waals surface area contributed by atoms with Crippen LogP contribution in [0.3, 0.4) is 0 Å². The molecule has 0 saturated heterocycles. The molecule has 2 rings (SSSR count). The fraction of sp³-hybridized carbons (Fsp3) is 0.263. The van der Waals surface area contributed by atoms with Gasteiger partial charge in [0.15, 0.2) is 0 Å². The van der Waals surface area contributed by atoms with Crippen LogP contribution in [-0.2, 0) is 14.8 Å². The summed E-state index contributed by atoms with van der Waals surface area (Å²) in [6, 6.07) is 8.53. The van der Waals surface area contributed by atoms with Crippen molar-refractivity contribution in [1.29, 1.82) is 0 Å². The first-order chi connectivity index (χ1) is 14.0. The second kappa shape index (κ2) is 9.01. The summed E-state index contributed by atoms with van der Waals surface area (Å²) in [5.74, 6) is -1.38. The van der Waals surface area contributed by atoms with Crippen molar-refractivity contribution in [3.63, 3.8) is 0 Å². The molecule has 0 radical (unpaired) electrons. The van der Waals surface area contributed by atoms with E-state index in [1.54, 1.807) is 19.9 Å². The summed E-state index contributed by atoms with van der Waals surface area (Å²) < 4.78 is 28.0. The summed E-state index contributed by atoms with van der Waals surface area (Å²) in [5, 5.41) is 16.4. The third-order valence-electron chi connectivity index (χ3n) is 4.46. The predicted octanol–water partition coefficient (Wildman–Crippen LogP) is 2.25. The van der Waals surface area contributed by atoms with E-state index in [0.29, 0.717) is 5.56 Å². The first-order valence-electron chi connectivity index (χ1n) is 8.82. The number of rotatable bonds is 7.